The van der Waals surface area contributed by atoms with Crippen LogP contribution in [0.2, 0.25) is 30.7 Å². The highest BCUT2D eigenvalue weighted by atomic mass is 28.4. The maximum absolute atomic E-state index is 6.42. The van der Waals surface area contributed by atoms with Crippen molar-refractivity contribution in [2.75, 3.05) is 0 Å². The van der Waals surface area contributed by atoms with Gasteiger partial charge in [0.25, 0.3) is 0 Å². The predicted octanol–water partition coefficient (Wildman–Crippen LogP) is 4.16. The van der Waals surface area contributed by atoms with Crippen LogP contribution in [0, 0.1) is 0 Å². The van der Waals surface area contributed by atoms with Crippen molar-refractivity contribution >= 4 is 17.4 Å². The highest BCUT2D eigenvalue weighted by Gasteiger charge is 2.29. The number of hydrogen-bond acceptors (Lipinski definition) is 1. The molecule has 0 rings (SSSR count). The van der Waals surface area contributed by atoms with Gasteiger partial charge in [-0.25, -0.2) is 0 Å². The van der Waals surface area contributed by atoms with E-state index in [1.54, 1.807) is 0 Å². The minimum Gasteiger partial charge on any atom is -0.457 e. The third-order valence-corrected chi connectivity index (χ3v) is 10.0. The van der Waals surface area contributed by atoms with Crippen LogP contribution >= 0.6 is 0 Å². The molecule has 0 bridgehead atoms. The van der Waals surface area contributed by atoms with Gasteiger partial charge in [0.05, 0.1) is 0 Å². The molecule has 86 valence electrons. The maximum Gasteiger partial charge on any atom is 0.170 e. The molecule has 0 aromatic rings. The largest absolute Gasteiger partial charge is 0.457 e. The molecule has 14 heavy (non-hydrogen) atoms. The highest BCUT2D eigenvalue weighted by Crippen LogP contribution is 2.29. The van der Waals surface area contributed by atoms with Crippen LogP contribution in [0.3, 0.4) is 0 Å². The fourth-order valence-electron chi connectivity index (χ4n) is 1.67. The van der Waals surface area contributed by atoms with Crippen molar-refractivity contribution in [3.05, 3.63) is 0 Å². The normalized spacial score (nSPS) is 19.1. The van der Waals surface area contributed by atoms with Crippen LogP contribution in [0.25, 0.3) is 0 Å². The molecule has 1 nitrogen and oxygen atoms in total. The van der Waals surface area contributed by atoms with E-state index < -0.39 is 17.4 Å². The zero-order valence-corrected chi connectivity index (χ0v) is 13.2. The topological polar surface area (TPSA) is 9.23 Å². The summed E-state index contributed by atoms with van der Waals surface area (Å²) in [5, 5.41) is 0. The van der Waals surface area contributed by atoms with Gasteiger partial charge < -0.3 is 4.12 Å². The van der Waals surface area contributed by atoms with Gasteiger partial charge in [-0.15, -0.1) is 0 Å². The Balaban J connectivity index is 4.40. The Bertz CT molecular complexity index is 144. The van der Waals surface area contributed by atoms with Gasteiger partial charge in [0.1, 0.15) is 0 Å². The minimum atomic E-state index is -1.32. The first-order valence-corrected chi connectivity index (χ1v) is 11.2. The lowest BCUT2D eigenvalue weighted by molar-refractivity contribution is 0.518. The molecule has 0 radical (unpaired) electrons. The summed E-state index contributed by atoms with van der Waals surface area (Å²) in [5.74, 6) is 0. The van der Waals surface area contributed by atoms with Gasteiger partial charge in [0.2, 0.25) is 0 Å². The Morgan fingerprint density at radius 1 is 1.00 bits per heavy atom. The fourth-order valence-corrected chi connectivity index (χ4v) is 8.84. The Labute approximate surface area is 93.1 Å². The predicted molar refractivity (Wildman–Crippen MR) is 71.0 cm³/mol. The van der Waals surface area contributed by atoms with Crippen LogP contribution in [0.5, 0.6) is 0 Å². The van der Waals surface area contributed by atoms with E-state index in [-0.39, 0.29) is 0 Å². The van der Waals surface area contributed by atoms with Crippen LogP contribution < -0.4 is 0 Å². The molecule has 0 amide bonds. The maximum atomic E-state index is 6.42. The van der Waals surface area contributed by atoms with Crippen LogP contribution in [0.15, 0.2) is 0 Å². The highest BCUT2D eigenvalue weighted by molar-refractivity contribution is 6.78. The van der Waals surface area contributed by atoms with Gasteiger partial charge in [-0.3, -0.25) is 0 Å². The lowest BCUT2D eigenvalue weighted by Crippen LogP contribution is -2.39. The molecule has 2 atom stereocenters. The van der Waals surface area contributed by atoms with Gasteiger partial charge >= 0.3 is 0 Å². The smallest absolute Gasteiger partial charge is 0.170 e. The third kappa shape index (κ3) is 5.32. The van der Waals surface area contributed by atoms with Gasteiger partial charge in [0.15, 0.2) is 17.4 Å². The molecule has 0 aromatic carbocycles. The quantitative estimate of drug-likeness (QED) is 0.625. The summed E-state index contributed by atoms with van der Waals surface area (Å²) in [7, 11) is -2.30. The van der Waals surface area contributed by atoms with Crippen molar-refractivity contribution in [2.45, 2.75) is 71.3 Å². The Morgan fingerprint density at radius 2 is 1.36 bits per heavy atom. The van der Waals surface area contributed by atoms with E-state index in [1.807, 2.05) is 0 Å². The molecule has 0 saturated carbocycles. The van der Waals surface area contributed by atoms with Crippen molar-refractivity contribution < 1.29 is 4.12 Å². The molecule has 3 heteroatoms. The SMILES string of the molecule is CCC(C)[SiH](O[Si](C)(C)C)C(C)CC. The average Bonchev–Trinajstić information content (AvgIpc) is 2.10. The Morgan fingerprint density at radius 3 is 1.57 bits per heavy atom. The number of rotatable bonds is 6. The molecular weight excluding hydrogens is 204 g/mol. The molecule has 0 aliphatic rings. The minimum absolute atomic E-state index is 0.830. The lowest BCUT2D eigenvalue weighted by Gasteiger charge is -2.33. The first-order valence-electron chi connectivity index (χ1n) is 5.99. The first-order chi connectivity index (χ1) is 6.31. The zero-order valence-electron chi connectivity index (χ0n) is 11.1. The average molecular weight is 233 g/mol. The first kappa shape index (κ1) is 14.4. The molecule has 0 aliphatic heterocycles. The lowest BCUT2D eigenvalue weighted by atomic mass is 10.4. The van der Waals surface area contributed by atoms with Gasteiger partial charge in [-0.05, 0) is 30.7 Å². The van der Waals surface area contributed by atoms with Gasteiger partial charge in [-0.2, -0.15) is 0 Å². The molecule has 0 aliphatic carbocycles. The molecule has 0 fully saturated rings. The van der Waals surface area contributed by atoms with E-state index >= 15 is 0 Å². The zero-order chi connectivity index (χ0) is 11.4. The summed E-state index contributed by atoms with van der Waals surface area (Å²) in [6, 6.07) is 0. The van der Waals surface area contributed by atoms with Crippen LogP contribution in [-0.4, -0.2) is 17.4 Å². The molecule has 0 saturated heterocycles. The summed E-state index contributed by atoms with van der Waals surface area (Å²) in [6.45, 7) is 16.3. The second kappa shape index (κ2) is 6.08. The van der Waals surface area contributed by atoms with Gasteiger partial charge in [-0.1, -0.05) is 40.5 Å². The summed E-state index contributed by atoms with van der Waals surface area (Å²) in [6.07, 6.45) is 2.57. The van der Waals surface area contributed by atoms with Gasteiger partial charge in [0, 0.05) is 0 Å². The standard InChI is InChI=1S/C11H28OSi2/c1-8-10(3)13(11(4)9-2)12-14(5,6)7/h10-11,13H,8-9H2,1-7H3. The second-order valence-electron chi connectivity index (χ2n) is 5.47. The summed E-state index contributed by atoms with van der Waals surface area (Å²) >= 11 is 0. The van der Waals surface area contributed by atoms with Crippen LogP contribution in [0.4, 0.5) is 0 Å². The van der Waals surface area contributed by atoms with Crippen molar-refractivity contribution in [1.82, 2.24) is 0 Å². The van der Waals surface area contributed by atoms with E-state index in [4.69, 9.17) is 4.12 Å². The summed E-state index contributed by atoms with van der Waals surface area (Å²) in [4.78, 5) is 0. The third-order valence-electron chi connectivity index (χ3n) is 2.90. The summed E-state index contributed by atoms with van der Waals surface area (Å²) < 4.78 is 6.42. The Kier molecular flexibility index (Phi) is 6.25. The van der Waals surface area contributed by atoms with Crippen molar-refractivity contribution in [3.63, 3.8) is 0 Å². The van der Waals surface area contributed by atoms with Crippen LogP contribution in [0.1, 0.15) is 40.5 Å². The molecule has 0 N–H and O–H groups in total. The van der Waals surface area contributed by atoms with Crippen molar-refractivity contribution in [3.8, 4) is 0 Å². The Hall–Kier alpha value is 0.394. The van der Waals surface area contributed by atoms with E-state index in [0.717, 1.165) is 11.1 Å². The molecule has 0 aromatic heterocycles. The molecule has 2 unspecified atom stereocenters. The van der Waals surface area contributed by atoms with Crippen molar-refractivity contribution in [1.29, 1.82) is 0 Å². The number of hydrogen-bond donors (Lipinski definition) is 0. The fraction of sp³-hybridized carbons (Fsp3) is 1.00. The second-order valence-corrected chi connectivity index (χ2v) is 13.8. The van der Waals surface area contributed by atoms with Crippen molar-refractivity contribution in [2.24, 2.45) is 0 Å². The summed E-state index contributed by atoms with van der Waals surface area (Å²) in [5.41, 5.74) is 1.66. The molecule has 0 spiro atoms. The van der Waals surface area contributed by atoms with E-state index in [0.29, 0.717) is 0 Å². The van der Waals surface area contributed by atoms with E-state index in [2.05, 4.69) is 47.3 Å². The van der Waals surface area contributed by atoms with E-state index in [1.165, 1.54) is 12.8 Å². The monoisotopic (exact) mass is 232 g/mol. The van der Waals surface area contributed by atoms with Crippen LogP contribution in [-0.2, 0) is 4.12 Å². The van der Waals surface area contributed by atoms with E-state index in [9.17, 15) is 0 Å². The molecular formula is C11H28OSi2. The molecule has 0 heterocycles.